The molecular weight excluding hydrogens is 378 g/mol. The van der Waals surface area contributed by atoms with Gasteiger partial charge in [0.05, 0.1) is 18.5 Å². The van der Waals surface area contributed by atoms with Gasteiger partial charge in [0.2, 0.25) is 5.88 Å². The minimum absolute atomic E-state index is 0.468. The molecule has 8 heteroatoms. The molecule has 0 spiro atoms. The third-order valence-electron chi connectivity index (χ3n) is 6.33. The Morgan fingerprint density at radius 3 is 2.57 bits per heavy atom. The topological polar surface area (TPSA) is 91.8 Å². The first-order chi connectivity index (χ1) is 14.7. The van der Waals surface area contributed by atoms with Crippen LogP contribution < -0.4 is 10.1 Å². The second-order valence-corrected chi connectivity index (χ2v) is 8.14. The van der Waals surface area contributed by atoms with E-state index in [0.29, 0.717) is 30.6 Å². The number of H-pyrrole nitrogens is 1. The van der Waals surface area contributed by atoms with E-state index in [1.165, 1.54) is 25.7 Å². The summed E-state index contributed by atoms with van der Waals surface area (Å²) < 4.78 is 5.76. The highest BCUT2D eigenvalue weighted by atomic mass is 16.5. The standard InChI is InChI=1S/C22H27N7O/c1-3-30-22-18(14-12-23-24-13-14)6-7-19(26-22)20-8-9-21(28-27-20)25-15-10-16-4-5-17(11-15)29(16)2/h6-9,12-13,15-17H,3-5,10-11H2,1-2H3,(H,23,24)(H,25,28). The molecule has 30 heavy (non-hydrogen) atoms. The van der Waals surface area contributed by atoms with E-state index in [4.69, 9.17) is 4.74 Å². The number of ether oxygens (including phenoxy) is 1. The van der Waals surface area contributed by atoms with Gasteiger partial charge in [0.25, 0.3) is 0 Å². The molecule has 2 saturated heterocycles. The summed E-state index contributed by atoms with van der Waals surface area (Å²) >= 11 is 0. The van der Waals surface area contributed by atoms with Gasteiger partial charge in [0.15, 0.2) is 0 Å². The van der Waals surface area contributed by atoms with Gasteiger partial charge in [-0.25, -0.2) is 4.98 Å². The molecule has 0 radical (unpaired) electrons. The minimum Gasteiger partial charge on any atom is -0.478 e. The Labute approximate surface area is 176 Å². The van der Waals surface area contributed by atoms with E-state index in [0.717, 1.165) is 28.3 Å². The second-order valence-electron chi connectivity index (χ2n) is 8.14. The molecule has 0 aromatic carbocycles. The van der Waals surface area contributed by atoms with Crippen LogP contribution in [0.25, 0.3) is 22.5 Å². The van der Waals surface area contributed by atoms with E-state index in [1.807, 2.05) is 37.4 Å². The summed E-state index contributed by atoms with van der Waals surface area (Å²) in [5, 5.41) is 19.3. The van der Waals surface area contributed by atoms with Crippen LogP contribution in [0.4, 0.5) is 5.82 Å². The van der Waals surface area contributed by atoms with Crippen LogP contribution in [0.3, 0.4) is 0 Å². The van der Waals surface area contributed by atoms with Crippen LogP contribution in [0.2, 0.25) is 0 Å². The molecule has 5 rings (SSSR count). The maximum atomic E-state index is 5.76. The summed E-state index contributed by atoms with van der Waals surface area (Å²) in [6, 6.07) is 9.75. The molecule has 3 aromatic rings. The molecule has 5 heterocycles. The van der Waals surface area contributed by atoms with Gasteiger partial charge in [-0.15, -0.1) is 10.2 Å². The number of anilines is 1. The van der Waals surface area contributed by atoms with Gasteiger partial charge in [-0.05, 0) is 63.9 Å². The molecule has 2 aliphatic rings. The quantitative estimate of drug-likeness (QED) is 0.650. The molecule has 2 bridgehead atoms. The fourth-order valence-electron chi connectivity index (χ4n) is 4.73. The number of aromatic nitrogens is 5. The summed E-state index contributed by atoms with van der Waals surface area (Å²) in [6.45, 7) is 2.48. The lowest BCUT2D eigenvalue weighted by Gasteiger charge is -2.36. The molecule has 8 nitrogen and oxygen atoms in total. The Bertz CT molecular complexity index is 975. The summed E-state index contributed by atoms with van der Waals surface area (Å²) in [5.74, 6) is 1.40. The Hall–Kier alpha value is -3.00. The largest absolute Gasteiger partial charge is 0.478 e. The van der Waals surface area contributed by atoms with Crippen molar-refractivity contribution >= 4 is 5.82 Å². The molecule has 156 valence electrons. The highest BCUT2D eigenvalue weighted by Crippen LogP contribution is 2.35. The normalized spacial score (nSPS) is 23.5. The molecule has 0 amide bonds. The van der Waals surface area contributed by atoms with Gasteiger partial charge in [-0.2, -0.15) is 5.10 Å². The summed E-state index contributed by atoms with van der Waals surface area (Å²) in [4.78, 5) is 7.22. The van der Waals surface area contributed by atoms with Crippen LogP contribution in [0, 0.1) is 0 Å². The number of rotatable bonds is 6. The van der Waals surface area contributed by atoms with Crippen molar-refractivity contribution in [3.63, 3.8) is 0 Å². The van der Waals surface area contributed by atoms with E-state index < -0.39 is 0 Å². The van der Waals surface area contributed by atoms with Crippen molar-refractivity contribution in [2.75, 3.05) is 19.0 Å². The fourth-order valence-corrected chi connectivity index (χ4v) is 4.73. The average Bonchev–Trinajstić information content (AvgIpc) is 3.35. The number of nitrogens with zero attached hydrogens (tertiary/aromatic N) is 5. The Morgan fingerprint density at radius 2 is 1.90 bits per heavy atom. The zero-order chi connectivity index (χ0) is 20.5. The first kappa shape index (κ1) is 19.0. The molecule has 0 saturated carbocycles. The van der Waals surface area contributed by atoms with Crippen LogP contribution in [-0.4, -0.2) is 62.1 Å². The highest BCUT2D eigenvalue weighted by Gasteiger charge is 2.38. The molecule has 0 aliphatic carbocycles. The third-order valence-corrected chi connectivity index (χ3v) is 6.33. The van der Waals surface area contributed by atoms with Crippen molar-refractivity contribution in [2.24, 2.45) is 0 Å². The third kappa shape index (κ3) is 3.63. The van der Waals surface area contributed by atoms with Crippen LogP contribution in [-0.2, 0) is 0 Å². The van der Waals surface area contributed by atoms with Crippen molar-refractivity contribution in [2.45, 2.75) is 50.7 Å². The average molecular weight is 406 g/mol. The number of piperidine rings is 1. The van der Waals surface area contributed by atoms with Crippen LogP contribution >= 0.6 is 0 Å². The lowest BCUT2D eigenvalue weighted by atomic mass is 9.98. The van der Waals surface area contributed by atoms with Gasteiger partial charge in [0, 0.05) is 35.4 Å². The molecule has 2 unspecified atom stereocenters. The number of hydrogen-bond donors (Lipinski definition) is 2. The predicted octanol–water partition coefficient (Wildman–Crippen LogP) is 3.36. The van der Waals surface area contributed by atoms with Crippen molar-refractivity contribution in [1.29, 1.82) is 0 Å². The van der Waals surface area contributed by atoms with E-state index >= 15 is 0 Å². The monoisotopic (exact) mass is 405 g/mol. The Balaban J connectivity index is 1.32. The lowest BCUT2D eigenvalue weighted by Crippen LogP contribution is -2.44. The lowest BCUT2D eigenvalue weighted by molar-refractivity contribution is 0.168. The SMILES string of the molecule is CCOc1nc(-c2ccc(NC3CC4CCC(C3)N4C)nn2)ccc1-c1cn[nH]c1. The molecule has 3 aromatic heterocycles. The van der Waals surface area contributed by atoms with Crippen LogP contribution in [0.15, 0.2) is 36.7 Å². The Morgan fingerprint density at radius 1 is 1.10 bits per heavy atom. The minimum atomic E-state index is 0.468. The van der Waals surface area contributed by atoms with Gasteiger partial charge in [-0.3, -0.25) is 5.10 Å². The van der Waals surface area contributed by atoms with E-state index in [9.17, 15) is 0 Å². The zero-order valence-electron chi connectivity index (χ0n) is 17.4. The fraction of sp³-hybridized carbons (Fsp3) is 0.455. The predicted molar refractivity (Wildman–Crippen MR) is 115 cm³/mol. The van der Waals surface area contributed by atoms with E-state index in [1.54, 1.807) is 6.20 Å². The van der Waals surface area contributed by atoms with Gasteiger partial charge in [0.1, 0.15) is 11.5 Å². The molecule has 2 fully saturated rings. The summed E-state index contributed by atoms with van der Waals surface area (Å²) in [5.41, 5.74) is 3.30. The number of pyridine rings is 1. The van der Waals surface area contributed by atoms with Gasteiger partial charge in [-0.1, -0.05) is 0 Å². The second kappa shape index (κ2) is 8.02. The molecule has 2 N–H and O–H groups in total. The van der Waals surface area contributed by atoms with Crippen molar-refractivity contribution in [1.82, 2.24) is 30.3 Å². The van der Waals surface area contributed by atoms with Gasteiger partial charge >= 0.3 is 0 Å². The van der Waals surface area contributed by atoms with E-state index in [2.05, 4.69) is 42.6 Å². The summed E-state index contributed by atoms with van der Waals surface area (Å²) in [6.07, 6.45) is 8.55. The van der Waals surface area contributed by atoms with Crippen molar-refractivity contribution < 1.29 is 4.74 Å². The smallest absolute Gasteiger partial charge is 0.222 e. The Kier molecular flexibility index (Phi) is 5.08. The maximum absolute atomic E-state index is 5.76. The number of fused-ring (bicyclic) bond motifs is 2. The number of aromatic amines is 1. The summed E-state index contributed by atoms with van der Waals surface area (Å²) in [7, 11) is 2.26. The zero-order valence-corrected chi connectivity index (χ0v) is 17.4. The highest BCUT2D eigenvalue weighted by molar-refractivity contribution is 5.70. The molecule has 2 atom stereocenters. The first-order valence-electron chi connectivity index (χ1n) is 10.7. The van der Waals surface area contributed by atoms with Crippen LogP contribution in [0.1, 0.15) is 32.6 Å². The number of hydrogen-bond acceptors (Lipinski definition) is 7. The van der Waals surface area contributed by atoms with Crippen molar-refractivity contribution in [3.8, 4) is 28.4 Å². The molecular formula is C22H27N7O. The van der Waals surface area contributed by atoms with Crippen LogP contribution in [0.5, 0.6) is 5.88 Å². The first-order valence-corrected chi connectivity index (χ1v) is 10.7. The molecule has 2 aliphatic heterocycles. The van der Waals surface area contributed by atoms with Gasteiger partial charge < -0.3 is 15.0 Å². The van der Waals surface area contributed by atoms with E-state index in [-0.39, 0.29) is 0 Å². The van der Waals surface area contributed by atoms with Crippen molar-refractivity contribution in [3.05, 3.63) is 36.7 Å². The number of nitrogens with one attached hydrogen (secondary N) is 2. The maximum Gasteiger partial charge on any atom is 0.222 e.